The first-order chi connectivity index (χ1) is 15.6. The molecular formula is C25H30ClN3O3S. The van der Waals surface area contributed by atoms with Crippen molar-refractivity contribution in [3.8, 4) is 16.9 Å². The van der Waals surface area contributed by atoms with E-state index in [1.165, 1.54) is 12.5 Å². The van der Waals surface area contributed by atoms with Crippen LogP contribution in [-0.4, -0.2) is 63.4 Å². The number of anilines is 1. The number of phenols is 1. The smallest absolute Gasteiger partial charge is 0.179 e. The highest BCUT2D eigenvalue weighted by Gasteiger charge is 2.26. The van der Waals surface area contributed by atoms with Crippen molar-refractivity contribution in [2.75, 3.05) is 44.9 Å². The minimum absolute atomic E-state index is 0.0278. The molecule has 0 saturated carbocycles. The van der Waals surface area contributed by atoms with Crippen molar-refractivity contribution in [1.29, 1.82) is 0 Å². The van der Waals surface area contributed by atoms with Crippen LogP contribution in [0.1, 0.15) is 19.3 Å². The summed E-state index contributed by atoms with van der Waals surface area (Å²) < 4.78 is 25.4. The van der Waals surface area contributed by atoms with E-state index in [2.05, 4.69) is 28.9 Å². The summed E-state index contributed by atoms with van der Waals surface area (Å²) in [5, 5.41) is 10.9. The third kappa shape index (κ3) is 5.26. The van der Waals surface area contributed by atoms with Crippen LogP contribution in [0, 0.1) is 5.92 Å². The van der Waals surface area contributed by atoms with Gasteiger partial charge < -0.3 is 14.9 Å². The predicted molar refractivity (Wildman–Crippen MR) is 135 cm³/mol. The van der Waals surface area contributed by atoms with Gasteiger partial charge >= 0.3 is 0 Å². The summed E-state index contributed by atoms with van der Waals surface area (Å²) in [6, 6.07) is 10.9. The third-order valence-electron chi connectivity index (χ3n) is 6.40. The summed E-state index contributed by atoms with van der Waals surface area (Å²) in [5.74, 6) is 0.674. The Morgan fingerprint density at radius 1 is 1.12 bits per heavy atom. The molecule has 0 radical (unpaired) electrons. The monoisotopic (exact) mass is 487 g/mol. The van der Waals surface area contributed by atoms with Crippen molar-refractivity contribution < 1.29 is 13.5 Å². The SMILES string of the molecule is CN(C)CCC1CCN(c2c(S(C)(=O)=O)cnc3ccc(-c4ccc(O)c(Cl)c4)cc23)CC1. The van der Waals surface area contributed by atoms with Crippen molar-refractivity contribution in [3.05, 3.63) is 47.6 Å². The lowest BCUT2D eigenvalue weighted by atomic mass is 9.92. The molecule has 1 aliphatic rings. The largest absolute Gasteiger partial charge is 0.506 e. The van der Waals surface area contributed by atoms with E-state index in [0.29, 0.717) is 5.92 Å². The van der Waals surface area contributed by atoms with Crippen LogP contribution in [0.5, 0.6) is 5.75 Å². The van der Waals surface area contributed by atoms with Crippen LogP contribution in [0.3, 0.4) is 0 Å². The number of hydrogen-bond donors (Lipinski definition) is 1. The molecule has 0 aliphatic carbocycles. The molecule has 1 aromatic heterocycles. The maximum absolute atomic E-state index is 12.7. The van der Waals surface area contributed by atoms with E-state index in [0.717, 1.165) is 66.6 Å². The van der Waals surface area contributed by atoms with Crippen molar-refractivity contribution in [3.63, 3.8) is 0 Å². The van der Waals surface area contributed by atoms with Gasteiger partial charge in [0.05, 0.1) is 16.2 Å². The van der Waals surface area contributed by atoms with Crippen molar-refractivity contribution >= 4 is 38.0 Å². The molecule has 1 fully saturated rings. The number of benzene rings is 2. The van der Waals surface area contributed by atoms with Gasteiger partial charge in [0.2, 0.25) is 0 Å². The lowest BCUT2D eigenvalue weighted by Gasteiger charge is -2.35. The molecule has 1 saturated heterocycles. The lowest BCUT2D eigenvalue weighted by Crippen LogP contribution is -2.35. The van der Waals surface area contributed by atoms with E-state index < -0.39 is 9.84 Å². The Morgan fingerprint density at radius 2 is 1.79 bits per heavy atom. The lowest BCUT2D eigenvalue weighted by molar-refractivity contribution is 0.313. The Hall–Kier alpha value is -2.35. The van der Waals surface area contributed by atoms with E-state index in [1.54, 1.807) is 18.2 Å². The summed E-state index contributed by atoms with van der Waals surface area (Å²) in [6.07, 6.45) is 5.96. The molecule has 4 rings (SSSR count). The third-order valence-corrected chi connectivity index (χ3v) is 7.80. The highest BCUT2D eigenvalue weighted by atomic mass is 35.5. The fourth-order valence-corrected chi connectivity index (χ4v) is 5.52. The number of phenolic OH excluding ortho intramolecular Hbond substituents is 1. The molecule has 2 aromatic carbocycles. The second kappa shape index (κ2) is 9.49. The van der Waals surface area contributed by atoms with Crippen LogP contribution in [0.25, 0.3) is 22.0 Å². The van der Waals surface area contributed by atoms with Gasteiger partial charge in [0.15, 0.2) is 9.84 Å². The quantitative estimate of drug-likeness (QED) is 0.536. The normalized spacial score (nSPS) is 15.5. The van der Waals surface area contributed by atoms with Crippen molar-refractivity contribution in [2.24, 2.45) is 5.92 Å². The van der Waals surface area contributed by atoms with Gasteiger partial charge in [0.1, 0.15) is 10.6 Å². The Labute approximate surface area is 200 Å². The van der Waals surface area contributed by atoms with Crippen molar-refractivity contribution in [2.45, 2.75) is 24.2 Å². The second-order valence-corrected chi connectivity index (χ2v) is 11.6. The maximum Gasteiger partial charge on any atom is 0.179 e. The molecule has 1 aliphatic heterocycles. The molecule has 1 N–H and O–H groups in total. The average molecular weight is 488 g/mol. The second-order valence-electron chi connectivity index (χ2n) is 9.16. The number of pyridine rings is 1. The Morgan fingerprint density at radius 3 is 2.42 bits per heavy atom. The molecule has 3 aromatic rings. The fourth-order valence-electron chi connectivity index (χ4n) is 4.51. The summed E-state index contributed by atoms with van der Waals surface area (Å²) in [7, 11) is 0.721. The number of hydrogen-bond acceptors (Lipinski definition) is 6. The van der Waals surface area contributed by atoms with Crippen LogP contribution in [0.4, 0.5) is 5.69 Å². The molecule has 33 heavy (non-hydrogen) atoms. The summed E-state index contributed by atoms with van der Waals surface area (Å²) >= 11 is 6.13. The topological polar surface area (TPSA) is 73.7 Å². The van der Waals surface area contributed by atoms with Gasteiger partial charge in [-0.3, -0.25) is 4.98 Å². The Kier molecular flexibility index (Phi) is 6.84. The van der Waals surface area contributed by atoms with Crippen LogP contribution >= 0.6 is 11.6 Å². The van der Waals surface area contributed by atoms with Gasteiger partial charge in [0, 0.05) is 30.9 Å². The van der Waals surface area contributed by atoms with Crippen LogP contribution < -0.4 is 4.90 Å². The van der Waals surface area contributed by atoms with Crippen LogP contribution in [0.2, 0.25) is 5.02 Å². The van der Waals surface area contributed by atoms with Crippen LogP contribution in [0.15, 0.2) is 47.5 Å². The van der Waals surface area contributed by atoms with E-state index in [4.69, 9.17) is 11.6 Å². The molecule has 2 heterocycles. The average Bonchev–Trinajstić information content (AvgIpc) is 2.78. The number of halogens is 1. The zero-order chi connectivity index (χ0) is 23.8. The van der Waals surface area contributed by atoms with Gasteiger partial charge in [0.25, 0.3) is 0 Å². The van der Waals surface area contributed by atoms with E-state index in [9.17, 15) is 13.5 Å². The summed E-state index contributed by atoms with van der Waals surface area (Å²) in [5.41, 5.74) is 3.22. The number of rotatable bonds is 6. The number of nitrogens with zero attached hydrogens (tertiary/aromatic N) is 3. The molecule has 8 heteroatoms. The Balaban J connectivity index is 1.76. The summed E-state index contributed by atoms with van der Waals surface area (Å²) in [6.45, 7) is 2.69. The van der Waals surface area contributed by atoms with Crippen molar-refractivity contribution in [1.82, 2.24) is 9.88 Å². The molecule has 6 nitrogen and oxygen atoms in total. The minimum Gasteiger partial charge on any atom is -0.506 e. The predicted octanol–water partition coefficient (Wildman–Crippen LogP) is 4.83. The molecule has 0 amide bonds. The standard InChI is InChI=1S/C25H30ClN3O3S/c1-28(2)11-8-17-9-12-29(13-10-17)25-20-14-18(19-5-7-23(30)21(26)15-19)4-6-22(20)27-16-24(25)33(3,31)32/h4-7,14-17,30H,8-13H2,1-3H3. The van der Waals surface area contributed by atoms with E-state index in [1.807, 2.05) is 18.2 Å². The minimum atomic E-state index is -3.46. The molecule has 0 spiro atoms. The van der Waals surface area contributed by atoms with E-state index in [-0.39, 0.29) is 15.7 Å². The Bertz CT molecular complexity index is 1270. The molecule has 0 bridgehead atoms. The first kappa shape index (κ1) is 23.8. The number of fused-ring (bicyclic) bond motifs is 1. The molecule has 176 valence electrons. The zero-order valence-electron chi connectivity index (χ0n) is 19.3. The number of sulfone groups is 1. The maximum atomic E-state index is 12.7. The van der Waals surface area contributed by atoms with Gasteiger partial charge in [-0.2, -0.15) is 0 Å². The summed E-state index contributed by atoms with van der Waals surface area (Å²) in [4.78, 5) is 9.14. The first-order valence-electron chi connectivity index (χ1n) is 11.1. The molecular weight excluding hydrogens is 458 g/mol. The number of piperidine rings is 1. The molecule has 0 atom stereocenters. The highest BCUT2D eigenvalue weighted by Crippen LogP contribution is 2.38. The van der Waals surface area contributed by atoms with Gasteiger partial charge in [-0.05, 0) is 81.2 Å². The van der Waals surface area contributed by atoms with Gasteiger partial charge in [-0.1, -0.05) is 23.7 Å². The molecule has 0 unspecified atom stereocenters. The first-order valence-corrected chi connectivity index (χ1v) is 13.4. The van der Waals surface area contributed by atoms with Gasteiger partial charge in [-0.25, -0.2) is 8.42 Å². The fraction of sp³-hybridized carbons (Fsp3) is 0.400. The number of aromatic nitrogens is 1. The van der Waals surface area contributed by atoms with Crippen LogP contribution in [-0.2, 0) is 9.84 Å². The highest BCUT2D eigenvalue weighted by molar-refractivity contribution is 7.90. The van der Waals surface area contributed by atoms with E-state index >= 15 is 0 Å². The zero-order valence-corrected chi connectivity index (χ0v) is 20.8. The van der Waals surface area contributed by atoms with Gasteiger partial charge in [-0.15, -0.1) is 0 Å². The number of aromatic hydroxyl groups is 1.